The second-order valence-electron chi connectivity index (χ2n) is 7.52. The Bertz CT molecular complexity index is 756. The van der Waals surface area contributed by atoms with Gasteiger partial charge >= 0.3 is 0 Å². The summed E-state index contributed by atoms with van der Waals surface area (Å²) in [6.45, 7) is 7.25. The number of amides is 2. The van der Waals surface area contributed by atoms with Crippen LogP contribution in [-0.4, -0.2) is 35.8 Å². The first-order valence-electron chi connectivity index (χ1n) is 10.7. The summed E-state index contributed by atoms with van der Waals surface area (Å²) in [7, 11) is 0. The minimum atomic E-state index is -0.421. The summed E-state index contributed by atoms with van der Waals surface area (Å²) in [5.41, 5.74) is 3.53. The van der Waals surface area contributed by atoms with Crippen LogP contribution in [0.1, 0.15) is 49.8 Å². The van der Waals surface area contributed by atoms with Gasteiger partial charge in [0.15, 0.2) is 0 Å². The van der Waals surface area contributed by atoms with E-state index >= 15 is 0 Å². The van der Waals surface area contributed by atoms with Crippen molar-refractivity contribution in [3.8, 4) is 0 Å². The van der Waals surface area contributed by atoms with E-state index in [1.165, 1.54) is 11.1 Å². The number of benzene rings is 2. The van der Waals surface area contributed by atoms with Crippen LogP contribution in [0.5, 0.6) is 0 Å². The Morgan fingerprint density at radius 3 is 2.21 bits per heavy atom. The quantitative estimate of drug-likeness (QED) is 0.618. The molecule has 2 aromatic carbocycles. The lowest BCUT2D eigenvalue weighted by Crippen LogP contribution is -2.50. The van der Waals surface area contributed by atoms with Crippen LogP contribution in [0.15, 0.2) is 54.6 Å². The average molecular weight is 395 g/mol. The van der Waals surface area contributed by atoms with Crippen molar-refractivity contribution in [3.05, 3.63) is 71.3 Å². The third-order valence-electron chi connectivity index (χ3n) is 5.17. The number of hydrogen-bond acceptors (Lipinski definition) is 2. The van der Waals surface area contributed by atoms with E-state index in [4.69, 9.17) is 0 Å². The predicted molar refractivity (Wildman–Crippen MR) is 119 cm³/mol. The first kappa shape index (κ1) is 22.7. The Morgan fingerprint density at radius 2 is 1.59 bits per heavy atom. The van der Waals surface area contributed by atoms with Crippen LogP contribution in [0, 0.1) is 6.92 Å². The van der Waals surface area contributed by atoms with Gasteiger partial charge in [-0.1, -0.05) is 74.0 Å². The highest BCUT2D eigenvalue weighted by molar-refractivity contribution is 5.87. The Labute approximate surface area is 175 Å². The second-order valence-corrected chi connectivity index (χ2v) is 7.52. The van der Waals surface area contributed by atoms with E-state index in [1.54, 1.807) is 4.90 Å². The van der Waals surface area contributed by atoms with Crippen molar-refractivity contribution in [2.45, 2.75) is 58.9 Å². The fourth-order valence-electron chi connectivity index (χ4n) is 3.41. The summed E-state index contributed by atoms with van der Waals surface area (Å²) in [4.78, 5) is 27.6. The highest BCUT2D eigenvalue weighted by Crippen LogP contribution is 2.13. The van der Waals surface area contributed by atoms with Crippen LogP contribution in [0.4, 0.5) is 0 Å². The number of carbonyl (C=O) groups is 2. The molecule has 0 bridgehead atoms. The van der Waals surface area contributed by atoms with Gasteiger partial charge in [-0.05, 0) is 43.7 Å². The molecule has 0 aliphatic carbocycles. The molecule has 0 radical (unpaired) electrons. The van der Waals surface area contributed by atoms with Crippen LogP contribution in [0.3, 0.4) is 0 Å². The molecule has 0 spiro atoms. The van der Waals surface area contributed by atoms with Gasteiger partial charge in [-0.3, -0.25) is 9.59 Å². The van der Waals surface area contributed by atoms with E-state index in [-0.39, 0.29) is 11.8 Å². The molecule has 2 aromatic rings. The number of hydrogen-bond donors (Lipinski definition) is 1. The predicted octanol–water partition coefficient (Wildman–Crippen LogP) is 4.30. The Morgan fingerprint density at radius 1 is 0.931 bits per heavy atom. The van der Waals surface area contributed by atoms with E-state index in [0.717, 1.165) is 18.4 Å². The number of nitrogens with one attached hydrogen (secondary N) is 1. The van der Waals surface area contributed by atoms with Crippen molar-refractivity contribution in [3.63, 3.8) is 0 Å². The molecule has 1 atom stereocenters. The molecule has 0 aliphatic heterocycles. The van der Waals surface area contributed by atoms with E-state index in [9.17, 15) is 9.59 Å². The third kappa shape index (κ3) is 7.37. The monoisotopic (exact) mass is 394 g/mol. The van der Waals surface area contributed by atoms with E-state index in [2.05, 4.69) is 48.6 Å². The molecule has 0 saturated carbocycles. The lowest BCUT2D eigenvalue weighted by molar-refractivity contribution is -0.140. The standard InChI is InChI=1S/C25H34N2O2/c1-4-18-26-25(29)23(5-2)27(19-17-21-9-7-6-8-10-21)24(28)16-15-22-13-11-20(3)12-14-22/h6-14,23H,4-5,15-19H2,1-3H3,(H,26,29)/t23-/m1/s1. The third-order valence-corrected chi connectivity index (χ3v) is 5.17. The van der Waals surface area contributed by atoms with E-state index in [1.807, 2.05) is 32.0 Å². The van der Waals surface area contributed by atoms with Crippen molar-refractivity contribution in [2.75, 3.05) is 13.1 Å². The fourth-order valence-corrected chi connectivity index (χ4v) is 3.41. The minimum absolute atomic E-state index is 0.0417. The van der Waals surface area contributed by atoms with Gasteiger partial charge in [0.1, 0.15) is 6.04 Å². The molecule has 0 fully saturated rings. The molecule has 29 heavy (non-hydrogen) atoms. The zero-order valence-electron chi connectivity index (χ0n) is 18.0. The van der Waals surface area contributed by atoms with Gasteiger partial charge in [-0.2, -0.15) is 0 Å². The van der Waals surface area contributed by atoms with Gasteiger partial charge in [0.2, 0.25) is 11.8 Å². The highest BCUT2D eigenvalue weighted by Gasteiger charge is 2.27. The highest BCUT2D eigenvalue weighted by atomic mass is 16.2. The molecule has 2 rings (SSSR count). The average Bonchev–Trinajstić information content (AvgIpc) is 2.75. The number of rotatable bonds is 11. The maximum atomic E-state index is 13.1. The van der Waals surface area contributed by atoms with E-state index in [0.29, 0.717) is 32.4 Å². The van der Waals surface area contributed by atoms with Crippen LogP contribution < -0.4 is 5.32 Å². The summed E-state index contributed by atoms with van der Waals surface area (Å²) < 4.78 is 0. The normalized spacial score (nSPS) is 11.7. The van der Waals surface area contributed by atoms with Crippen LogP contribution in [-0.2, 0) is 22.4 Å². The van der Waals surface area contributed by atoms with Gasteiger partial charge in [0.25, 0.3) is 0 Å². The molecule has 0 unspecified atom stereocenters. The van der Waals surface area contributed by atoms with Gasteiger partial charge in [0.05, 0.1) is 0 Å². The van der Waals surface area contributed by atoms with E-state index < -0.39 is 6.04 Å². The topological polar surface area (TPSA) is 49.4 Å². The van der Waals surface area contributed by atoms with Crippen LogP contribution >= 0.6 is 0 Å². The van der Waals surface area contributed by atoms with Crippen molar-refractivity contribution in [1.82, 2.24) is 10.2 Å². The number of aryl methyl sites for hydroxylation is 2. The fraction of sp³-hybridized carbons (Fsp3) is 0.440. The van der Waals surface area contributed by atoms with Crippen molar-refractivity contribution in [1.29, 1.82) is 0 Å². The maximum absolute atomic E-state index is 13.1. The molecule has 0 aliphatic rings. The summed E-state index contributed by atoms with van der Waals surface area (Å²) in [5, 5.41) is 2.96. The summed E-state index contributed by atoms with van der Waals surface area (Å²) in [5.74, 6) is -0.00824. The number of carbonyl (C=O) groups excluding carboxylic acids is 2. The zero-order chi connectivity index (χ0) is 21.1. The first-order chi connectivity index (χ1) is 14.0. The van der Waals surface area contributed by atoms with Crippen molar-refractivity contribution in [2.24, 2.45) is 0 Å². The molecule has 0 aromatic heterocycles. The Balaban J connectivity index is 2.09. The first-order valence-corrected chi connectivity index (χ1v) is 10.7. The summed E-state index contributed by atoms with van der Waals surface area (Å²) in [6, 6.07) is 18.0. The molecule has 4 heteroatoms. The SMILES string of the molecule is CCCNC(=O)[C@@H](CC)N(CCc1ccccc1)C(=O)CCc1ccc(C)cc1. The minimum Gasteiger partial charge on any atom is -0.354 e. The lowest BCUT2D eigenvalue weighted by atomic mass is 10.0. The molecule has 0 heterocycles. The van der Waals surface area contributed by atoms with Gasteiger partial charge in [-0.15, -0.1) is 0 Å². The molecular formula is C25H34N2O2. The Kier molecular flexibility index (Phi) is 9.42. The van der Waals surface area contributed by atoms with Crippen molar-refractivity contribution < 1.29 is 9.59 Å². The maximum Gasteiger partial charge on any atom is 0.242 e. The molecular weight excluding hydrogens is 360 g/mol. The summed E-state index contributed by atoms with van der Waals surface area (Å²) in [6.07, 6.45) is 3.34. The largest absolute Gasteiger partial charge is 0.354 e. The molecule has 4 nitrogen and oxygen atoms in total. The van der Waals surface area contributed by atoms with Crippen LogP contribution in [0.2, 0.25) is 0 Å². The van der Waals surface area contributed by atoms with Gasteiger partial charge < -0.3 is 10.2 Å². The molecule has 0 saturated heterocycles. The molecule has 156 valence electrons. The van der Waals surface area contributed by atoms with Gasteiger partial charge in [-0.25, -0.2) is 0 Å². The van der Waals surface area contributed by atoms with Crippen LogP contribution in [0.25, 0.3) is 0 Å². The Hall–Kier alpha value is -2.62. The summed E-state index contributed by atoms with van der Waals surface area (Å²) >= 11 is 0. The van der Waals surface area contributed by atoms with Crippen molar-refractivity contribution >= 4 is 11.8 Å². The second kappa shape index (κ2) is 12.1. The smallest absolute Gasteiger partial charge is 0.242 e. The molecule has 2 amide bonds. The zero-order valence-corrected chi connectivity index (χ0v) is 18.0. The lowest BCUT2D eigenvalue weighted by Gasteiger charge is -2.30. The molecule has 1 N–H and O–H groups in total. The number of nitrogens with zero attached hydrogens (tertiary/aromatic N) is 1. The van der Waals surface area contributed by atoms with Gasteiger partial charge in [0, 0.05) is 19.5 Å².